The molecular formula is C21H14N4O3S. The van der Waals surface area contributed by atoms with Crippen LogP contribution in [-0.4, -0.2) is 20.9 Å². The van der Waals surface area contributed by atoms with Crippen LogP contribution in [0.2, 0.25) is 0 Å². The number of anilines is 1. The van der Waals surface area contributed by atoms with Gasteiger partial charge in [-0.25, -0.2) is 9.97 Å². The minimum atomic E-state index is -0.142. The van der Waals surface area contributed by atoms with E-state index in [2.05, 4.69) is 20.3 Å². The molecule has 3 heterocycles. The Labute approximate surface area is 169 Å². The first-order valence-corrected chi connectivity index (χ1v) is 9.63. The Morgan fingerprint density at radius 2 is 1.90 bits per heavy atom. The SMILES string of the molecule is CC(=O)Nc1ncc(-c2ccc(Oc3ncnc4c3oc3ccccc34)cc2)s1. The Morgan fingerprint density at radius 3 is 2.72 bits per heavy atom. The maximum absolute atomic E-state index is 11.1. The summed E-state index contributed by atoms with van der Waals surface area (Å²) in [5, 5.41) is 4.18. The van der Waals surface area contributed by atoms with Crippen LogP contribution in [0.4, 0.5) is 5.13 Å². The van der Waals surface area contributed by atoms with E-state index in [1.54, 1.807) is 6.20 Å². The molecule has 0 aliphatic heterocycles. The molecule has 0 fully saturated rings. The number of nitrogens with zero attached hydrogens (tertiary/aromatic N) is 3. The van der Waals surface area contributed by atoms with Gasteiger partial charge in [-0.15, -0.1) is 0 Å². The molecular weight excluding hydrogens is 388 g/mol. The van der Waals surface area contributed by atoms with Crippen LogP contribution in [0.15, 0.2) is 65.5 Å². The molecule has 0 aliphatic carbocycles. The number of nitrogens with one attached hydrogen (secondary N) is 1. The predicted octanol–water partition coefficient (Wildman–Crippen LogP) is 5.25. The van der Waals surface area contributed by atoms with Gasteiger partial charge in [0.2, 0.25) is 11.5 Å². The average molecular weight is 402 g/mol. The Hall–Kier alpha value is -3.78. The number of rotatable bonds is 4. The molecule has 142 valence electrons. The Balaban J connectivity index is 1.43. The smallest absolute Gasteiger partial charge is 0.267 e. The van der Waals surface area contributed by atoms with Gasteiger partial charge >= 0.3 is 0 Å². The third kappa shape index (κ3) is 3.30. The van der Waals surface area contributed by atoms with E-state index in [0.717, 1.165) is 26.9 Å². The van der Waals surface area contributed by atoms with Crippen LogP contribution in [0.5, 0.6) is 11.6 Å². The fourth-order valence-corrected chi connectivity index (χ4v) is 3.86. The highest BCUT2D eigenvalue weighted by Gasteiger charge is 2.14. The number of thiazole rings is 1. The first-order chi connectivity index (χ1) is 14.2. The molecule has 5 rings (SSSR count). The van der Waals surface area contributed by atoms with Crippen molar-refractivity contribution < 1.29 is 13.9 Å². The van der Waals surface area contributed by atoms with Crippen molar-refractivity contribution in [2.75, 3.05) is 5.32 Å². The number of hydrogen-bond donors (Lipinski definition) is 1. The van der Waals surface area contributed by atoms with E-state index in [1.807, 2.05) is 48.5 Å². The van der Waals surface area contributed by atoms with Gasteiger partial charge in [-0.2, -0.15) is 4.98 Å². The van der Waals surface area contributed by atoms with E-state index < -0.39 is 0 Å². The monoisotopic (exact) mass is 402 g/mol. The van der Waals surface area contributed by atoms with Crippen molar-refractivity contribution in [2.24, 2.45) is 0 Å². The average Bonchev–Trinajstić information content (AvgIpc) is 3.33. The highest BCUT2D eigenvalue weighted by atomic mass is 32.1. The molecule has 29 heavy (non-hydrogen) atoms. The molecule has 0 aliphatic rings. The van der Waals surface area contributed by atoms with Crippen molar-refractivity contribution >= 4 is 44.4 Å². The lowest BCUT2D eigenvalue weighted by molar-refractivity contribution is -0.114. The molecule has 0 spiro atoms. The van der Waals surface area contributed by atoms with E-state index in [-0.39, 0.29) is 5.91 Å². The van der Waals surface area contributed by atoms with Gasteiger partial charge in [-0.05, 0) is 42.0 Å². The minimum absolute atomic E-state index is 0.142. The third-order valence-electron chi connectivity index (χ3n) is 4.27. The van der Waals surface area contributed by atoms with Gasteiger partial charge < -0.3 is 14.5 Å². The zero-order chi connectivity index (χ0) is 19.8. The summed E-state index contributed by atoms with van der Waals surface area (Å²) < 4.78 is 11.8. The summed E-state index contributed by atoms with van der Waals surface area (Å²) >= 11 is 1.41. The second-order valence-corrected chi connectivity index (χ2v) is 7.32. The Bertz CT molecular complexity index is 1340. The van der Waals surface area contributed by atoms with Crippen molar-refractivity contribution in [3.05, 3.63) is 61.1 Å². The van der Waals surface area contributed by atoms with Gasteiger partial charge in [0, 0.05) is 18.5 Å². The number of carbonyl (C=O) groups is 1. The van der Waals surface area contributed by atoms with E-state index in [0.29, 0.717) is 22.3 Å². The summed E-state index contributed by atoms with van der Waals surface area (Å²) in [6.45, 7) is 1.46. The number of amides is 1. The van der Waals surface area contributed by atoms with E-state index in [1.165, 1.54) is 24.6 Å². The number of hydrogen-bond acceptors (Lipinski definition) is 7. The van der Waals surface area contributed by atoms with Gasteiger partial charge in [0.25, 0.3) is 5.88 Å². The number of ether oxygens (including phenoxy) is 1. The van der Waals surface area contributed by atoms with Crippen LogP contribution in [0, 0.1) is 0 Å². The van der Waals surface area contributed by atoms with Crippen LogP contribution in [0.3, 0.4) is 0 Å². The molecule has 1 amide bonds. The van der Waals surface area contributed by atoms with Gasteiger partial charge in [-0.3, -0.25) is 4.79 Å². The molecule has 5 aromatic rings. The second-order valence-electron chi connectivity index (χ2n) is 6.29. The third-order valence-corrected chi connectivity index (χ3v) is 5.23. The van der Waals surface area contributed by atoms with Crippen LogP contribution >= 0.6 is 11.3 Å². The topological polar surface area (TPSA) is 90.1 Å². The van der Waals surface area contributed by atoms with E-state index >= 15 is 0 Å². The quantitative estimate of drug-likeness (QED) is 0.441. The number of para-hydroxylation sites is 1. The maximum atomic E-state index is 11.1. The van der Waals surface area contributed by atoms with Gasteiger partial charge in [0.05, 0.1) is 4.88 Å². The second kappa shape index (κ2) is 6.99. The fraction of sp³-hybridized carbons (Fsp3) is 0.0476. The van der Waals surface area contributed by atoms with Crippen LogP contribution < -0.4 is 10.1 Å². The summed E-state index contributed by atoms with van der Waals surface area (Å²) in [6, 6.07) is 15.3. The Morgan fingerprint density at radius 1 is 1.07 bits per heavy atom. The summed E-state index contributed by atoms with van der Waals surface area (Å²) in [6.07, 6.45) is 3.20. The molecule has 0 saturated heterocycles. The largest absolute Gasteiger partial charge is 0.449 e. The van der Waals surface area contributed by atoms with Crippen LogP contribution in [0.1, 0.15) is 6.92 Å². The van der Waals surface area contributed by atoms with Crippen molar-refractivity contribution in [1.29, 1.82) is 0 Å². The normalized spacial score (nSPS) is 11.1. The van der Waals surface area contributed by atoms with Gasteiger partial charge in [0.15, 0.2) is 5.13 Å². The predicted molar refractivity (Wildman–Crippen MR) is 111 cm³/mol. The van der Waals surface area contributed by atoms with Crippen molar-refractivity contribution in [1.82, 2.24) is 15.0 Å². The summed E-state index contributed by atoms with van der Waals surface area (Å²) in [5.41, 5.74) is 2.95. The van der Waals surface area contributed by atoms with Crippen molar-refractivity contribution in [3.8, 4) is 22.1 Å². The highest BCUT2D eigenvalue weighted by molar-refractivity contribution is 7.19. The van der Waals surface area contributed by atoms with E-state index in [4.69, 9.17) is 9.15 Å². The molecule has 0 radical (unpaired) electrons. The molecule has 0 unspecified atom stereocenters. The fourth-order valence-electron chi connectivity index (χ4n) is 2.99. The van der Waals surface area contributed by atoms with Crippen molar-refractivity contribution in [3.63, 3.8) is 0 Å². The lowest BCUT2D eigenvalue weighted by Crippen LogP contribution is -2.04. The van der Waals surface area contributed by atoms with E-state index in [9.17, 15) is 4.79 Å². The first kappa shape index (κ1) is 17.3. The zero-order valence-corrected chi connectivity index (χ0v) is 16.1. The highest BCUT2D eigenvalue weighted by Crippen LogP contribution is 2.35. The number of furan rings is 1. The Kier molecular flexibility index (Phi) is 4.18. The van der Waals surface area contributed by atoms with Gasteiger partial charge in [0.1, 0.15) is 23.2 Å². The summed E-state index contributed by atoms with van der Waals surface area (Å²) in [5.74, 6) is 0.849. The van der Waals surface area contributed by atoms with Crippen LogP contribution in [-0.2, 0) is 4.79 Å². The minimum Gasteiger partial charge on any atom is -0.449 e. The number of aromatic nitrogens is 3. The van der Waals surface area contributed by atoms with Crippen LogP contribution in [0.25, 0.3) is 32.5 Å². The molecule has 0 atom stereocenters. The molecule has 1 N–H and O–H groups in total. The molecule has 0 saturated carbocycles. The van der Waals surface area contributed by atoms with Gasteiger partial charge in [-0.1, -0.05) is 23.5 Å². The molecule has 7 nitrogen and oxygen atoms in total. The molecule has 0 bridgehead atoms. The standard InChI is InChI=1S/C21H14N4O3S/c1-12(26)25-21-22-10-17(29-21)13-6-8-14(9-7-13)27-20-19-18(23-11-24-20)15-4-2-3-5-16(15)28-19/h2-11H,1H3,(H,22,25,26). The zero-order valence-electron chi connectivity index (χ0n) is 15.2. The first-order valence-electron chi connectivity index (χ1n) is 8.81. The maximum Gasteiger partial charge on any atom is 0.267 e. The summed E-state index contributed by atoms with van der Waals surface area (Å²) in [7, 11) is 0. The number of fused-ring (bicyclic) bond motifs is 3. The number of carbonyl (C=O) groups excluding carboxylic acids is 1. The van der Waals surface area contributed by atoms with Crippen molar-refractivity contribution in [2.45, 2.75) is 6.92 Å². The molecule has 2 aromatic carbocycles. The number of benzene rings is 2. The lowest BCUT2D eigenvalue weighted by Gasteiger charge is -2.05. The summed E-state index contributed by atoms with van der Waals surface area (Å²) in [4.78, 5) is 24.9. The lowest BCUT2D eigenvalue weighted by atomic mass is 10.2. The molecule has 3 aromatic heterocycles. The molecule has 8 heteroatoms.